The molecule has 0 saturated heterocycles. The van der Waals surface area contributed by atoms with E-state index in [1.54, 1.807) is 42.7 Å². The van der Waals surface area contributed by atoms with E-state index >= 15 is 0 Å². The van der Waals surface area contributed by atoms with Crippen LogP contribution in [-0.4, -0.2) is 32.5 Å². The van der Waals surface area contributed by atoms with Crippen LogP contribution in [0.5, 0.6) is 0 Å². The molecule has 0 bridgehead atoms. The van der Waals surface area contributed by atoms with E-state index in [-0.39, 0.29) is 17.7 Å². The highest BCUT2D eigenvalue weighted by atomic mass is 32.2. The maximum absolute atomic E-state index is 12.5. The molecule has 3 aromatic carbocycles. The number of amides is 3. The second-order valence-corrected chi connectivity index (χ2v) is 8.12. The van der Waals surface area contributed by atoms with E-state index < -0.39 is 0 Å². The second kappa shape index (κ2) is 10.5. The monoisotopic (exact) mass is 458 g/mol. The van der Waals surface area contributed by atoms with Crippen molar-refractivity contribution in [3.63, 3.8) is 0 Å². The van der Waals surface area contributed by atoms with Crippen LogP contribution in [0, 0.1) is 6.92 Å². The van der Waals surface area contributed by atoms with Gasteiger partial charge in [0, 0.05) is 22.7 Å². The van der Waals surface area contributed by atoms with Gasteiger partial charge in [0.15, 0.2) is 5.16 Å². The summed E-state index contributed by atoms with van der Waals surface area (Å²) in [6, 6.07) is 23.7. The summed E-state index contributed by atoms with van der Waals surface area (Å²) >= 11 is 1.29. The van der Waals surface area contributed by atoms with Gasteiger partial charge in [-0.05, 0) is 49.4 Å². The first-order chi connectivity index (χ1) is 16.1. The summed E-state index contributed by atoms with van der Waals surface area (Å²) < 4.78 is 1.84. The van der Waals surface area contributed by atoms with Gasteiger partial charge < -0.3 is 16.0 Å². The van der Waals surface area contributed by atoms with Crippen LogP contribution in [0.15, 0.2) is 90.3 Å². The van der Waals surface area contributed by atoms with Crippen molar-refractivity contribution >= 4 is 40.8 Å². The van der Waals surface area contributed by atoms with E-state index in [2.05, 4.69) is 26.1 Å². The molecule has 1 aromatic heterocycles. The number of anilines is 3. The van der Waals surface area contributed by atoms with Gasteiger partial charge in [0.1, 0.15) is 6.33 Å². The van der Waals surface area contributed by atoms with E-state index in [1.807, 2.05) is 54.0 Å². The van der Waals surface area contributed by atoms with Gasteiger partial charge in [0.25, 0.3) is 0 Å². The summed E-state index contributed by atoms with van der Waals surface area (Å²) in [5.41, 5.74) is 3.93. The predicted octanol–water partition coefficient (Wildman–Crippen LogP) is 4.95. The third-order valence-corrected chi connectivity index (χ3v) is 5.54. The van der Waals surface area contributed by atoms with Gasteiger partial charge in [-0.3, -0.25) is 9.36 Å². The van der Waals surface area contributed by atoms with Crippen LogP contribution in [-0.2, 0) is 4.79 Å². The number of aryl methyl sites for hydroxylation is 1. The summed E-state index contributed by atoms with van der Waals surface area (Å²) in [6.07, 6.45) is 1.63. The summed E-state index contributed by atoms with van der Waals surface area (Å²) in [5, 5.41) is 17.1. The van der Waals surface area contributed by atoms with Crippen molar-refractivity contribution < 1.29 is 9.59 Å². The number of carbonyl (C=O) groups is 2. The molecule has 33 heavy (non-hydrogen) atoms. The minimum atomic E-state index is -0.365. The highest BCUT2D eigenvalue weighted by Crippen LogP contribution is 2.21. The lowest BCUT2D eigenvalue weighted by atomic mass is 10.2. The Morgan fingerprint density at radius 2 is 1.52 bits per heavy atom. The molecule has 0 unspecified atom stereocenters. The van der Waals surface area contributed by atoms with Crippen molar-refractivity contribution in [1.82, 2.24) is 14.8 Å². The van der Waals surface area contributed by atoms with Crippen molar-refractivity contribution in [2.45, 2.75) is 12.1 Å². The zero-order valence-corrected chi connectivity index (χ0v) is 18.7. The predicted molar refractivity (Wildman–Crippen MR) is 131 cm³/mol. The summed E-state index contributed by atoms with van der Waals surface area (Å²) in [5.74, 6) is -0.0270. The molecule has 0 radical (unpaired) electrons. The zero-order chi connectivity index (χ0) is 23.0. The van der Waals surface area contributed by atoms with Gasteiger partial charge >= 0.3 is 6.03 Å². The lowest BCUT2D eigenvalue weighted by Gasteiger charge is -2.10. The number of thioether (sulfide) groups is 1. The van der Waals surface area contributed by atoms with Crippen molar-refractivity contribution in [3.8, 4) is 5.69 Å². The van der Waals surface area contributed by atoms with Gasteiger partial charge in [-0.25, -0.2) is 4.79 Å². The van der Waals surface area contributed by atoms with Gasteiger partial charge in [-0.2, -0.15) is 0 Å². The number of benzene rings is 3. The average Bonchev–Trinajstić information content (AvgIpc) is 3.28. The number of aromatic nitrogens is 3. The molecule has 0 saturated carbocycles. The lowest BCUT2D eigenvalue weighted by molar-refractivity contribution is -0.113. The Balaban J connectivity index is 1.32. The Hall–Kier alpha value is -4.11. The smallest absolute Gasteiger partial charge is 0.323 e. The maximum atomic E-state index is 12.5. The molecule has 3 N–H and O–H groups in total. The molecule has 4 aromatic rings. The molecule has 3 amide bonds. The van der Waals surface area contributed by atoms with E-state index in [0.29, 0.717) is 22.2 Å². The number of hydrogen-bond donors (Lipinski definition) is 3. The molecule has 0 spiro atoms. The lowest BCUT2D eigenvalue weighted by Crippen LogP contribution is -2.19. The van der Waals surface area contributed by atoms with Crippen molar-refractivity contribution in [1.29, 1.82) is 0 Å². The Bertz CT molecular complexity index is 1240. The number of rotatable bonds is 7. The van der Waals surface area contributed by atoms with Crippen LogP contribution in [0.25, 0.3) is 5.69 Å². The van der Waals surface area contributed by atoms with Crippen LogP contribution < -0.4 is 16.0 Å². The molecule has 4 rings (SSSR count). The topological polar surface area (TPSA) is 101 Å². The molecule has 0 aliphatic carbocycles. The van der Waals surface area contributed by atoms with Crippen molar-refractivity contribution in [2.24, 2.45) is 0 Å². The van der Waals surface area contributed by atoms with Gasteiger partial charge in [-0.15, -0.1) is 10.2 Å². The minimum absolute atomic E-state index is 0.163. The summed E-state index contributed by atoms with van der Waals surface area (Å²) in [6.45, 7) is 2.02. The fourth-order valence-corrected chi connectivity index (χ4v) is 3.75. The number of nitrogens with zero attached hydrogens (tertiary/aromatic N) is 3. The number of hydrogen-bond acceptors (Lipinski definition) is 5. The Morgan fingerprint density at radius 3 is 2.27 bits per heavy atom. The highest BCUT2D eigenvalue weighted by molar-refractivity contribution is 7.99. The Kier molecular flexibility index (Phi) is 7.01. The first-order valence-corrected chi connectivity index (χ1v) is 11.2. The van der Waals surface area contributed by atoms with Crippen molar-refractivity contribution in [3.05, 3.63) is 90.8 Å². The normalized spacial score (nSPS) is 10.5. The first kappa shape index (κ1) is 22.1. The average molecular weight is 459 g/mol. The molecule has 8 nitrogen and oxygen atoms in total. The molecular weight excluding hydrogens is 436 g/mol. The van der Waals surface area contributed by atoms with Gasteiger partial charge in [0.2, 0.25) is 5.91 Å². The SMILES string of the molecule is Cc1ccc(-n2cnnc2SCC(=O)Nc2cccc(NC(=O)Nc3ccccc3)c2)cc1. The zero-order valence-electron chi connectivity index (χ0n) is 17.9. The van der Waals surface area contributed by atoms with Crippen LogP contribution in [0.1, 0.15) is 5.56 Å². The summed E-state index contributed by atoms with van der Waals surface area (Å²) in [4.78, 5) is 24.7. The summed E-state index contributed by atoms with van der Waals surface area (Å²) in [7, 11) is 0. The fourth-order valence-electron chi connectivity index (χ4n) is 3.02. The standard InChI is InChI=1S/C24H22N6O2S/c1-17-10-12-21(13-11-17)30-16-25-29-24(30)33-15-22(31)26-19-8-5-9-20(14-19)28-23(32)27-18-6-3-2-4-7-18/h2-14,16H,15H2,1H3,(H,26,31)(H2,27,28,32). The van der Waals surface area contributed by atoms with Crippen LogP contribution in [0.2, 0.25) is 0 Å². The van der Waals surface area contributed by atoms with Crippen molar-refractivity contribution in [2.75, 3.05) is 21.7 Å². The number of carbonyl (C=O) groups excluding carboxylic acids is 2. The fraction of sp³-hybridized carbons (Fsp3) is 0.0833. The van der Waals surface area contributed by atoms with Crippen LogP contribution in [0.4, 0.5) is 21.9 Å². The van der Waals surface area contributed by atoms with Crippen LogP contribution in [0.3, 0.4) is 0 Å². The number of nitrogens with one attached hydrogen (secondary N) is 3. The van der Waals surface area contributed by atoms with E-state index in [9.17, 15) is 9.59 Å². The third-order valence-electron chi connectivity index (χ3n) is 4.60. The van der Waals surface area contributed by atoms with E-state index in [4.69, 9.17) is 0 Å². The molecule has 166 valence electrons. The first-order valence-electron chi connectivity index (χ1n) is 10.2. The maximum Gasteiger partial charge on any atom is 0.323 e. The number of para-hydroxylation sites is 1. The molecule has 1 heterocycles. The quantitative estimate of drug-likeness (QED) is 0.340. The minimum Gasteiger partial charge on any atom is -0.325 e. The largest absolute Gasteiger partial charge is 0.325 e. The Labute approximate surface area is 195 Å². The number of urea groups is 1. The third kappa shape index (κ3) is 6.20. The second-order valence-electron chi connectivity index (χ2n) is 7.18. The molecule has 0 fully saturated rings. The molecular formula is C24H22N6O2S. The van der Waals surface area contributed by atoms with E-state index in [1.165, 1.54) is 11.8 Å². The van der Waals surface area contributed by atoms with Gasteiger partial charge in [-0.1, -0.05) is 53.7 Å². The Morgan fingerprint density at radius 1 is 0.848 bits per heavy atom. The highest BCUT2D eigenvalue weighted by Gasteiger charge is 2.11. The molecule has 0 aliphatic heterocycles. The van der Waals surface area contributed by atoms with Gasteiger partial charge in [0.05, 0.1) is 5.75 Å². The van der Waals surface area contributed by atoms with E-state index in [0.717, 1.165) is 11.3 Å². The van der Waals surface area contributed by atoms with Crippen LogP contribution >= 0.6 is 11.8 Å². The molecule has 9 heteroatoms. The molecule has 0 atom stereocenters. The molecule has 0 aliphatic rings.